The normalized spacial score (nSPS) is 21.2. The molecule has 10 heteroatoms. The summed E-state index contributed by atoms with van der Waals surface area (Å²) >= 11 is 0. The Morgan fingerprint density at radius 3 is 2.42 bits per heavy atom. The topological polar surface area (TPSA) is 165 Å². The molecule has 31 heavy (non-hydrogen) atoms. The molecule has 1 atom stereocenters. The van der Waals surface area contributed by atoms with Gasteiger partial charge in [-0.2, -0.15) is 5.26 Å². The standard InChI is InChI=1S/C21H10N4O6/c22-8-13-19(23)31-18-15(16(26)10-3-1-2-4-11(10)17(18)27)21(13)12-7-9(25(29)30)5-6-14(12)24-20(21)28/h1-7H,23H2,(H,24,28)/t21-/m0/s1. The molecule has 0 aromatic heterocycles. The number of anilines is 1. The molecular weight excluding hydrogens is 404 g/mol. The largest absolute Gasteiger partial charge is 0.436 e. The van der Waals surface area contributed by atoms with Crippen LogP contribution in [0.15, 0.2) is 65.3 Å². The van der Waals surface area contributed by atoms with Crippen molar-refractivity contribution in [1.29, 1.82) is 5.26 Å². The number of hydrogen-bond acceptors (Lipinski definition) is 8. The van der Waals surface area contributed by atoms with Crippen molar-refractivity contribution in [2.75, 3.05) is 5.32 Å². The number of rotatable bonds is 1. The van der Waals surface area contributed by atoms with E-state index in [1.54, 1.807) is 18.2 Å². The van der Waals surface area contributed by atoms with Crippen LogP contribution in [0.5, 0.6) is 0 Å². The number of nitrogens with one attached hydrogen (secondary N) is 1. The molecule has 0 radical (unpaired) electrons. The third-order valence-electron chi connectivity index (χ3n) is 5.60. The maximum absolute atomic E-state index is 13.5. The van der Waals surface area contributed by atoms with Crippen molar-refractivity contribution >= 4 is 28.8 Å². The lowest BCUT2D eigenvalue weighted by Gasteiger charge is -2.36. The highest BCUT2D eigenvalue weighted by atomic mass is 16.6. The van der Waals surface area contributed by atoms with Gasteiger partial charge in [0.05, 0.1) is 10.5 Å². The molecule has 0 unspecified atom stereocenters. The van der Waals surface area contributed by atoms with Gasteiger partial charge in [0.1, 0.15) is 17.1 Å². The lowest BCUT2D eigenvalue weighted by Crippen LogP contribution is -2.48. The van der Waals surface area contributed by atoms with Crippen molar-refractivity contribution in [2.45, 2.75) is 5.41 Å². The fourth-order valence-corrected chi connectivity index (χ4v) is 4.30. The molecule has 0 saturated carbocycles. The zero-order valence-corrected chi connectivity index (χ0v) is 15.5. The molecule has 0 fully saturated rings. The van der Waals surface area contributed by atoms with Gasteiger partial charge in [0, 0.05) is 34.5 Å². The lowest BCUT2D eigenvalue weighted by atomic mass is 9.64. The molecule has 3 aliphatic rings. The minimum absolute atomic E-state index is 0.0254. The van der Waals surface area contributed by atoms with E-state index in [9.17, 15) is 29.8 Å². The minimum atomic E-state index is -2.16. The number of allylic oxidation sites excluding steroid dienone is 1. The second kappa shape index (κ2) is 5.87. The number of non-ortho nitro benzene ring substituents is 1. The number of amides is 1. The van der Waals surface area contributed by atoms with Crippen LogP contribution >= 0.6 is 0 Å². The van der Waals surface area contributed by atoms with Crippen LogP contribution < -0.4 is 11.1 Å². The highest BCUT2D eigenvalue weighted by molar-refractivity contribution is 6.31. The lowest BCUT2D eigenvalue weighted by molar-refractivity contribution is -0.384. The number of nitrogens with two attached hydrogens (primary N) is 1. The van der Waals surface area contributed by atoms with E-state index < -0.39 is 50.6 Å². The molecule has 2 aromatic rings. The molecule has 1 spiro atoms. The van der Waals surface area contributed by atoms with E-state index >= 15 is 0 Å². The second-order valence-electron chi connectivity index (χ2n) is 7.05. The summed E-state index contributed by atoms with van der Waals surface area (Å²) in [5.74, 6) is -3.24. The van der Waals surface area contributed by atoms with E-state index in [0.29, 0.717) is 0 Å². The number of nitrogens with zero attached hydrogens (tertiary/aromatic N) is 2. The number of ether oxygens (including phenoxy) is 1. The Bertz CT molecular complexity index is 1400. The Hall–Kier alpha value is -4.78. The maximum Gasteiger partial charge on any atom is 0.269 e. The van der Waals surface area contributed by atoms with Crippen molar-refractivity contribution in [3.05, 3.63) is 92.1 Å². The van der Waals surface area contributed by atoms with Gasteiger partial charge in [0.2, 0.25) is 17.6 Å². The summed E-state index contributed by atoms with van der Waals surface area (Å²) < 4.78 is 5.39. The molecule has 10 nitrogen and oxygen atoms in total. The minimum Gasteiger partial charge on any atom is -0.436 e. The van der Waals surface area contributed by atoms with Gasteiger partial charge in [-0.15, -0.1) is 0 Å². The first-order valence-electron chi connectivity index (χ1n) is 8.94. The number of hydrogen-bond donors (Lipinski definition) is 2. The third-order valence-corrected chi connectivity index (χ3v) is 5.60. The number of nitriles is 1. The van der Waals surface area contributed by atoms with Crippen LogP contribution in [0, 0.1) is 21.4 Å². The Kier molecular flexibility index (Phi) is 3.46. The third kappa shape index (κ3) is 2.06. The van der Waals surface area contributed by atoms with E-state index in [2.05, 4.69) is 5.32 Å². The number of ketones is 2. The highest BCUT2D eigenvalue weighted by Gasteiger charge is 2.62. The molecule has 2 aliphatic heterocycles. The van der Waals surface area contributed by atoms with Gasteiger partial charge in [0.15, 0.2) is 11.5 Å². The van der Waals surface area contributed by atoms with Crippen molar-refractivity contribution in [3.8, 4) is 6.07 Å². The van der Waals surface area contributed by atoms with Gasteiger partial charge in [-0.3, -0.25) is 24.5 Å². The fraction of sp³-hybridized carbons (Fsp3) is 0.0476. The molecule has 1 aliphatic carbocycles. The molecular formula is C21H10N4O6. The van der Waals surface area contributed by atoms with Crippen LogP contribution in [-0.4, -0.2) is 22.4 Å². The molecule has 0 bridgehead atoms. The summed E-state index contributed by atoms with van der Waals surface area (Å²) in [4.78, 5) is 50.7. The van der Waals surface area contributed by atoms with Crippen LogP contribution in [0.3, 0.4) is 0 Å². The second-order valence-corrected chi connectivity index (χ2v) is 7.05. The maximum atomic E-state index is 13.5. The number of nitro benzene ring substituents is 1. The predicted octanol–water partition coefficient (Wildman–Crippen LogP) is 1.84. The first-order valence-corrected chi connectivity index (χ1v) is 8.94. The monoisotopic (exact) mass is 414 g/mol. The Labute approximate surface area is 173 Å². The van der Waals surface area contributed by atoms with Crippen LogP contribution in [0.1, 0.15) is 26.3 Å². The first kappa shape index (κ1) is 18.3. The van der Waals surface area contributed by atoms with Crippen molar-refractivity contribution in [1.82, 2.24) is 0 Å². The molecule has 3 N–H and O–H groups in total. The van der Waals surface area contributed by atoms with Crippen molar-refractivity contribution in [2.24, 2.45) is 5.73 Å². The Morgan fingerprint density at radius 1 is 1.10 bits per heavy atom. The number of carbonyl (C=O) groups excluding carboxylic acids is 3. The average molecular weight is 414 g/mol. The Balaban J connectivity index is 1.91. The van der Waals surface area contributed by atoms with Crippen LogP contribution in [0.25, 0.3) is 0 Å². The summed E-state index contributed by atoms with van der Waals surface area (Å²) in [5.41, 5.74) is 2.80. The van der Waals surface area contributed by atoms with Crippen molar-refractivity contribution < 1.29 is 24.0 Å². The van der Waals surface area contributed by atoms with Crippen LogP contribution in [-0.2, 0) is 14.9 Å². The first-order chi connectivity index (χ1) is 14.8. The van der Waals surface area contributed by atoms with Gasteiger partial charge in [-0.25, -0.2) is 0 Å². The van der Waals surface area contributed by atoms with Crippen LogP contribution in [0.2, 0.25) is 0 Å². The van der Waals surface area contributed by atoms with Gasteiger partial charge < -0.3 is 15.8 Å². The summed E-state index contributed by atoms with van der Waals surface area (Å²) in [6.07, 6.45) is 0. The zero-order chi connectivity index (χ0) is 22.1. The average Bonchev–Trinajstić information content (AvgIpc) is 3.03. The van der Waals surface area contributed by atoms with Gasteiger partial charge >= 0.3 is 0 Å². The molecule has 2 heterocycles. The fourth-order valence-electron chi connectivity index (χ4n) is 4.30. The van der Waals surface area contributed by atoms with Gasteiger partial charge in [-0.05, 0) is 6.07 Å². The highest BCUT2D eigenvalue weighted by Crippen LogP contribution is 2.54. The zero-order valence-electron chi connectivity index (χ0n) is 15.5. The quantitative estimate of drug-likeness (QED) is 0.527. The number of fused-ring (bicyclic) bond motifs is 4. The molecule has 150 valence electrons. The van der Waals surface area contributed by atoms with Gasteiger partial charge in [0.25, 0.3) is 5.69 Å². The summed E-state index contributed by atoms with van der Waals surface area (Å²) in [6.45, 7) is 0. The van der Waals surface area contributed by atoms with E-state index in [4.69, 9.17) is 10.5 Å². The molecule has 1 amide bonds. The Morgan fingerprint density at radius 2 is 1.77 bits per heavy atom. The number of nitro groups is 1. The molecule has 0 saturated heterocycles. The molecule has 5 rings (SSSR count). The van der Waals surface area contributed by atoms with Crippen molar-refractivity contribution in [3.63, 3.8) is 0 Å². The van der Waals surface area contributed by atoms with Crippen LogP contribution in [0.4, 0.5) is 11.4 Å². The molecule has 2 aromatic carbocycles. The van der Waals surface area contributed by atoms with E-state index in [0.717, 1.165) is 6.07 Å². The number of Topliss-reactive ketones (excluding diaryl/α,β-unsaturated/α-hetero) is 2. The number of benzene rings is 2. The smallest absolute Gasteiger partial charge is 0.269 e. The van der Waals surface area contributed by atoms with Gasteiger partial charge in [-0.1, -0.05) is 24.3 Å². The number of carbonyl (C=O) groups is 3. The van der Waals surface area contributed by atoms with E-state index in [1.807, 2.05) is 0 Å². The SMILES string of the molecule is N#CC1=C(N)OC2=C(C(=O)c3ccccc3C2=O)[C@@]12C(=O)Nc1ccc([N+](=O)[O-])cc12. The van der Waals surface area contributed by atoms with E-state index in [1.165, 1.54) is 24.3 Å². The predicted molar refractivity (Wildman–Crippen MR) is 103 cm³/mol. The summed E-state index contributed by atoms with van der Waals surface area (Å²) in [7, 11) is 0. The van der Waals surface area contributed by atoms with E-state index in [-0.39, 0.29) is 28.1 Å². The summed E-state index contributed by atoms with van der Waals surface area (Å²) in [6, 6.07) is 11.3. The summed E-state index contributed by atoms with van der Waals surface area (Å²) in [5, 5.41) is 23.8.